The Morgan fingerprint density at radius 2 is 1.77 bits per heavy atom. The highest BCUT2D eigenvalue weighted by Gasteiger charge is 2.13. The van der Waals surface area contributed by atoms with E-state index in [0.717, 1.165) is 0 Å². The fourth-order valence-electron chi connectivity index (χ4n) is 2.21. The van der Waals surface area contributed by atoms with Crippen molar-refractivity contribution in [1.29, 1.82) is 0 Å². The van der Waals surface area contributed by atoms with Gasteiger partial charge in [0.2, 0.25) is 0 Å². The summed E-state index contributed by atoms with van der Waals surface area (Å²) < 4.78 is 5.42. The molecule has 0 bridgehead atoms. The SMILES string of the molecule is CC(C)(C)c1ccc(OCC(=O)NN=Cc2ccccc2C(=O)O)cc1. The smallest absolute Gasteiger partial charge is 0.336 e. The van der Waals surface area contributed by atoms with E-state index in [1.165, 1.54) is 17.8 Å². The highest BCUT2D eigenvalue weighted by atomic mass is 16.5. The fourth-order valence-corrected chi connectivity index (χ4v) is 2.21. The molecule has 0 heterocycles. The minimum atomic E-state index is -1.06. The molecule has 6 nitrogen and oxygen atoms in total. The van der Waals surface area contributed by atoms with Crippen molar-refractivity contribution in [2.75, 3.05) is 6.61 Å². The molecular formula is C20H22N2O4. The van der Waals surface area contributed by atoms with Gasteiger partial charge in [-0.1, -0.05) is 51.1 Å². The third-order valence-electron chi connectivity index (χ3n) is 3.67. The Morgan fingerprint density at radius 1 is 1.12 bits per heavy atom. The van der Waals surface area contributed by atoms with Crippen molar-refractivity contribution in [1.82, 2.24) is 5.43 Å². The number of hydrogen-bond donors (Lipinski definition) is 2. The van der Waals surface area contributed by atoms with Gasteiger partial charge in [-0.3, -0.25) is 4.79 Å². The maximum absolute atomic E-state index is 11.8. The van der Waals surface area contributed by atoms with Crippen molar-refractivity contribution in [2.24, 2.45) is 5.10 Å². The van der Waals surface area contributed by atoms with Crippen molar-refractivity contribution in [2.45, 2.75) is 26.2 Å². The molecule has 2 aromatic carbocycles. The summed E-state index contributed by atoms with van der Waals surface area (Å²) in [6.07, 6.45) is 1.29. The van der Waals surface area contributed by atoms with Crippen molar-refractivity contribution in [3.63, 3.8) is 0 Å². The minimum absolute atomic E-state index is 0.0524. The number of aromatic carboxylic acids is 1. The monoisotopic (exact) mass is 354 g/mol. The van der Waals surface area contributed by atoms with E-state index in [-0.39, 0.29) is 17.6 Å². The molecule has 0 radical (unpaired) electrons. The van der Waals surface area contributed by atoms with E-state index in [2.05, 4.69) is 31.3 Å². The predicted octanol–water partition coefficient (Wildman–Crippen LogP) is 3.21. The predicted molar refractivity (Wildman–Crippen MR) is 99.8 cm³/mol. The van der Waals surface area contributed by atoms with Crippen LogP contribution in [-0.4, -0.2) is 29.8 Å². The molecule has 2 rings (SSSR count). The van der Waals surface area contributed by atoms with E-state index < -0.39 is 11.9 Å². The number of hydrogen-bond acceptors (Lipinski definition) is 4. The molecular weight excluding hydrogens is 332 g/mol. The maximum Gasteiger partial charge on any atom is 0.336 e. The molecule has 0 aliphatic carbocycles. The second-order valence-corrected chi connectivity index (χ2v) is 6.75. The van der Waals surface area contributed by atoms with Gasteiger partial charge in [0.1, 0.15) is 5.75 Å². The van der Waals surface area contributed by atoms with Gasteiger partial charge in [-0.25, -0.2) is 10.2 Å². The van der Waals surface area contributed by atoms with Gasteiger partial charge >= 0.3 is 5.97 Å². The van der Waals surface area contributed by atoms with Crippen LogP contribution in [0.2, 0.25) is 0 Å². The van der Waals surface area contributed by atoms with Crippen molar-refractivity contribution < 1.29 is 19.4 Å². The fraction of sp³-hybridized carbons (Fsp3) is 0.250. The Bertz CT molecular complexity index is 805. The van der Waals surface area contributed by atoms with E-state index in [4.69, 9.17) is 9.84 Å². The standard InChI is InChI=1S/C20H22N2O4/c1-20(2,3)15-8-10-16(11-9-15)26-13-18(23)22-21-12-14-6-4-5-7-17(14)19(24)25/h4-12H,13H2,1-3H3,(H,22,23)(H,24,25). The minimum Gasteiger partial charge on any atom is -0.484 e. The van der Waals surface area contributed by atoms with Gasteiger partial charge in [0.05, 0.1) is 11.8 Å². The lowest BCUT2D eigenvalue weighted by Gasteiger charge is -2.19. The van der Waals surface area contributed by atoms with Crippen LogP contribution in [0.4, 0.5) is 0 Å². The topological polar surface area (TPSA) is 88.0 Å². The summed E-state index contributed by atoms with van der Waals surface area (Å²) in [5, 5.41) is 12.9. The number of nitrogens with zero attached hydrogens (tertiary/aromatic N) is 1. The molecule has 136 valence electrons. The summed E-state index contributed by atoms with van der Waals surface area (Å²) in [4.78, 5) is 22.9. The van der Waals surface area contributed by atoms with Gasteiger partial charge in [-0.05, 0) is 29.2 Å². The Labute approximate surface area is 152 Å². The van der Waals surface area contributed by atoms with Gasteiger partial charge in [0, 0.05) is 5.56 Å². The number of carboxylic acids is 1. The van der Waals surface area contributed by atoms with E-state index in [0.29, 0.717) is 11.3 Å². The molecule has 0 atom stereocenters. The Hall–Kier alpha value is -3.15. The molecule has 26 heavy (non-hydrogen) atoms. The second kappa shape index (κ2) is 8.29. The Balaban J connectivity index is 1.87. The average Bonchev–Trinajstić information content (AvgIpc) is 2.60. The Morgan fingerprint density at radius 3 is 2.38 bits per heavy atom. The number of carbonyl (C=O) groups is 2. The van der Waals surface area contributed by atoms with Crippen LogP contribution < -0.4 is 10.2 Å². The van der Waals surface area contributed by atoms with Crippen molar-refractivity contribution in [3.05, 3.63) is 65.2 Å². The lowest BCUT2D eigenvalue weighted by Crippen LogP contribution is -2.24. The first-order valence-corrected chi connectivity index (χ1v) is 8.15. The van der Waals surface area contributed by atoms with Crippen LogP contribution in [0.1, 0.15) is 42.3 Å². The summed E-state index contributed by atoms with van der Waals surface area (Å²) >= 11 is 0. The summed E-state index contributed by atoms with van der Waals surface area (Å²) in [7, 11) is 0. The molecule has 0 saturated heterocycles. The number of rotatable bonds is 6. The highest BCUT2D eigenvalue weighted by Crippen LogP contribution is 2.24. The normalized spacial score (nSPS) is 11.3. The van der Waals surface area contributed by atoms with Gasteiger partial charge in [-0.2, -0.15) is 5.10 Å². The van der Waals surface area contributed by atoms with Crippen LogP contribution in [0.3, 0.4) is 0 Å². The van der Waals surface area contributed by atoms with Crippen molar-refractivity contribution >= 4 is 18.1 Å². The zero-order valence-electron chi connectivity index (χ0n) is 15.0. The van der Waals surface area contributed by atoms with Crippen LogP contribution >= 0.6 is 0 Å². The molecule has 0 fully saturated rings. The molecule has 2 N–H and O–H groups in total. The van der Waals surface area contributed by atoms with E-state index in [1.54, 1.807) is 18.2 Å². The summed E-state index contributed by atoms with van der Waals surface area (Å²) in [5.74, 6) is -0.900. The molecule has 0 aliphatic heterocycles. The first-order chi connectivity index (χ1) is 12.3. The number of amides is 1. The van der Waals surface area contributed by atoms with Crippen LogP contribution in [0.15, 0.2) is 53.6 Å². The number of benzene rings is 2. The van der Waals surface area contributed by atoms with E-state index >= 15 is 0 Å². The Kier molecular flexibility index (Phi) is 6.11. The third kappa shape index (κ3) is 5.44. The lowest BCUT2D eigenvalue weighted by atomic mass is 9.87. The quantitative estimate of drug-likeness (QED) is 0.616. The van der Waals surface area contributed by atoms with E-state index in [1.807, 2.05) is 24.3 Å². The molecule has 2 aromatic rings. The zero-order chi connectivity index (χ0) is 19.2. The van der Waals surface area contributed by atoms with Gasteiger partial charge in [0.15, 0.2) is 6.61 Å². The largest absolute Gasteiger partial charge is 0.484 e. The first kappa shape index (κ1) is 19.2. The van der Waals surface area contributed by atoms with Crippen LogP contribution in [0.25, 0.3) is 0 Å². The van der Waals surface area contributed by atoms with Crippen LogP contribution in [-0.2, 0) is 10.2 Å². The molecule has 1 amide bonds. The van der Waals surface area contributed by atoms with Crippen molar-refractivity contribution in [3.8, 4) is 5.75 Å². The number of carboxylic acid groups (broad SMARTS) is 1. The molecule has 0 spiro atoms. The summed E-state index contributed by atoms with van der Waals surface area (Å²) in [5.41, 5.74) is 4.06. The van der Waals surface area contributed by atoms with Crippen LogP contribution in [0.5, 0.6) is 5.75 Å². The maximum atomic E-state index is 11.8. The summed E-state index contributed by atoms with van der Waals surface area (Å²) in [6, 6.07) is 14.0. The number of carbonyl (C=O) groups excluding carboxylic acids is 1. The van der Waals surface area contributed by atoms with Crippen LogP contribution in [0, 0.1) is 0 Å². The first-order valence-electron chi connectivity index (χ1n) is 8.15. The summed E-state index contributed by atoms with van der Waals surface area (Å²) in [6.45, 7) is 6.18. The lowest BCUT2D eigenvalue weighted by molar-refractivity contribution is -0.123. The van der Waals surface area contributed by atoms with Gasteiger partial charge in [-0.15, -0.1) is 0 Å². The average molecular weight is 354 g/mol. The third-order valence-corrected chi connectivity index (χ3v) is 3.67. The molecule has 6 heteroatoms. The highest BCUT2D eigenvalue weighted by molar-refractivity contribution is 5.98. The number of hydrazone groups is 1. The van der Waals surface area contributed by atoms with E-state index in [9.17, 15) is 9.59 Å². The number of nitrogens with one attached hydrogen (secondary N) is 1. The zero-order valence-corrected chi connectivity index (χ0v) is 15.0. The van der Waals surface area contributed by atoms with Gasteiger partial charge < -0.3 is 9.84 Å². The molecule has 0 unspecified atom stereocenters. The second-order valence-electron chi connectivity index (χ2n) is 6.75. The molecule has 0 saturated carbocycles. The molecule has 0 aromatic heterocycles. The van der Waals surface area contributed by atoms with Gasteiger partial charge in [0.25, 0.3) is 5.91 Å². The molecule has 0 aliphatic rings. The number of ether oxygens (including phenoxy) is 1.